The van der Waals surface area contributed by atoms with E-state index in [-0.39, 0.29) is 0 Å². The van der Waals surface area contributed by atoms with Gasteiger partial charge in [0.2, 0.25) is 0 Å². The smallest absolute Gasteiger partial charge is 0.0366 e. The van der Waals surface area contributed by atoms with Gasteiger partial charge in [0.15, 0.2) is 0 Å². The molecule has 2 saturated carbocycles. The summed E-state index contributed by atoms with van der Waals surface area (Å²) >= 11 is 6.29. The van der Waals surface area contributed by atoms with Crippen molar-refractivity contribution in [2.75, 3.05) is 0 Å². The van der Waals surface area contributed by atoms with E-state index in [1.807, 2.05) is 0 Å². The molecule has 0 unspecified atom stereocenters. The lowest BCUT2D eigenvalue weighted by Crippen LogP contribution is -2.31. The first-order chi connectivity index (χ1) is 5.38. The van der Waals surface area contributed by atoms with Crippen LogP contribution in [0.15, 0.2) is 0 Å². The predicted molar refractivity (Wildman–Crippen MR) is 48.9 cm³/mol. The van der Waals surface area contributed by atoms with Crippen molar-refractivity contribution in [1.29, 1.82) is 0 Å². The second-order valence-corrected chi connectivity index (χ2v) is 4.72. The van der Waals surface area contributed by atoms with Crippen molar-refractivity contribution in [3.63, 3.8) is 0 Å². The normalized spacial score (nSPS) is 45.0. The third kappa shape index (κ3) is 1.56. The first-order valence-electron chi connectivity index (χ1n) is 5.02. The van der Waals surface area contributed by atoms with Crippen LogP contribution >= 0.6 is 11.6 Å². The molecule has 0 saturated heterocycles. The summed E-state index contributed by atoms with van der Waals surface area (Å²) in [7, 11) is 0. The zero-order valence-electron chi connectivity index (χ0n) is 7.06. The Bertz CT molecular complexity index is 131. The molecule has 1 heteroatoms. The summed E-state index contributed by atoms with van der Waals surface area (Å²) in [5, 5.41) is 0.522. The highest BCUT2D eigenvalue weighted by Crippen LogP contribution is 2.42. The molecule has 0 bridgehead atoms. The number of hydrogen-bond acceptors (Lipinski definition) is 0. The minimum atomic E-state index is 0.522. The van der Waals surface area contributed by atoms with Gasteiger partial charge in [-0.05, 0) is 24.7 Å². The van der Waals surface area contributed by atoms with Gasteiger partial charge in [-0.1, -0.05) is 32.1 Å². The summed E-state index contributed by atoms with van der Waals surface area (Å²) in [6.45, 7) is 0. The van der Waals surface area contributed by atoms with Gasteiger partial charge in [-0.3, -0.25) is 0 Å². The van der Waals surface area contributed by atoms with E-state index in [0.717, 1.165) is 11.8 Å². The fourth-order valence-corrected chi connectivity index (χ4v) is 3.35. The Hall–Kier alpha value is 0.290. The summed E-state index contributed by atoms with van der Waals surface area (Å²) in [5.41, 5.74) is 0. The molecule has 0 aromatic carbocycles. The molecule has 11 heavy (non-hydrogen) atoms. The number of alkyl halides is 1. The molecule has 0 radical (unpaired) electrons. The lowest BCUT2D eigenvalue weighted by Gasteiger charge is -2.38. The largest absolute Gasteiger partial charge is 0.123 e. The molecule has 2 rings (SSSR count). The van der Waals surface area contributed by atoms with Crippen molar-refractivity contribution >= 4 is 11.6 Å². The van der Waals surface area contributed by atoms with Gasteiger partial charge in [-0.25, -0.2) is 0 Å². The van der Waals surface area contributed by atoms with Gasteiger partial charge in [0.1, 0.15) is 0 Å². The topological polar surface area (TPSA) is 0 Å². The van der Waals surface area contributed by atoms with Crippen LogP contribution < -0.4 is 0 Å². The Labute approximate surface area is 74.3 Å². The monoisotopic (exact) mass is 172 g/mol. The van der Waals surface area contributed by atoms with Crippen LogP contribution in [0, 0.1) is 11.8 Å². The van der Waals surface area contributed by atoms with E-state index in [1.54, 1.807) is 0 Å². The molecule has 0 aromatic heterocycles. The summed E-state index contributed by atoms with van der Waals surface area (Å²) in [4.78, 5) is 0. The van der Waals surface area contributed by atoms with E-state index < -0.39 is 0 Å². The van der Waals surface area contributed by atoms with Crippen LogP contribution in [0.5, 0.6) is 0 Å². The molecule has 0 aromatic rings. The predicted octanol–water partition coefficient (Wildman–Crippen LogP) is 3.58. The van der Waals surface area contributed by atoms with Crippen molar-refractivity contribution in [2.45, 2.75) is 50.3 Å². The molecule has 0 heterocycles. The van der Waals surface area contributed by atoms with Crippen molar-refractivity contribution in [2.24, 2.45) is 11.8 Å². The van der Waals surface area contributed by atoms with Crippen molar-refractivity contribution in [3.05, 3.63) is 0 Å². The summed E-state index contributed by atoms with van der Waals surface area (Å²) < 4.78 is 0. The van der Waals surface area contributed by atoms with Gasteiger partial charge < -0.3 is 0 Å². The second kappa shape index (κ2) is 3.35. The Morgan fingerprint density at radius 1 is 0.818 bits per heavy atom. The lowest BCUT2D eigenvalue weighted by atomic mass is 9.71. The van der Waals surface area contributed by atoms with Crippen molar-refractivity contribution < 1.29 is 0 Å². The molecule has 2 aliphatic carbocycles. The van der Waals surface area contributed by atoms with Gasteiger partial charge in [-0.2, -0.15) is 0 Å². The Kier molecular flexibility index (Phi) is 2.41. The average Bonchev–Trinajstić information content (AvgIpc) is 2.06. The highest BCUT2D eigenvalue weighted by atomic mass is 35.5. The van der Waals surface area contributed by atoms with Crippen LogP contribution in [0.2, 0.25) is 0 Å². The standard InChI is InChI=1S/C10H17Cl/c11-10-7-3-5-8-4-1-2-6-9(8)10/h8-10H,1-7H2/t8-,9+,10-/m1/s1. The fourth-order valence-electron chi connectivity index (χ4n) is 2.86. The molecule has 2 aliphatic rings. The van der Waals surface area contributed by atoms with E-state index in [1.165, 1.54) is 44.9 Å². The number of halogens is 1. The van der Waals surface area contributed by atoms with Gasteiger partial charge in [0.05, 0.1) is 0 Å². The molecular formula is C10H17Cl. The molecule has 2 fully saturated rings. The minimum absolute atomic E-state index is 0.522. The van der Waals surface area contributed by atoms with E-state index in [0.29, 0.717) is 5.38 Å². The molecular weight excluding hydrogens is 156 g/mol. The molecule has 0 N–H and O–H groups in total. The summed E-state index contributed by atoms with van der Waals surface area (Å²) in [6, 6.07) is 0. The number of fused-ring (bicyclic) bond motifs is 1. The molecule has 0 aliphatic heterocycles. The summed E-state index contributed by atoms with van der Waals surface area (Å²) in [6.07, 6.45) is 9.91. The molecule has 0 amide bonds. The first kappa shape index (κ1) is 7.91. The summed E-state index contributed by atoms with van der Waals surface area (Å²) in [5.74, 6) is 1.89. The molecule has 0 spiro atoms. The lowest BCUT2D eigenvalue weighted by molar-refractivity contribution is 0.176. The SMILES string of the molecule is Cl[C@@H]1CCC[C@H]2CCCC[C@@H]21. The highest BCUT2D eigenvalue weighted by Gasteiger charge is 2.33. The van der Waals surface area contributed by atoms with Gasteiger partial charge >= 0.3 is 0 Å². The molecule has 3 atom stereocenters. The molecule has 0 nitrogen and oxygen atoms in total. The van der Waals surface area contributed by atoms with Crippen LogP contribution in [0.3, 0.4) is 0 Å². The van der Waals surface area contributed by atoms with E-state index in [4.69, 9.17) is 11.6 Å². The van der Waals surface area contributed by atoms with Crippen molar-refractivity contribution in [1.82, 2.24) is 0 Å². The average molecular weight is 173 g/mol. The van der Waals surface area contributed by atoms with Gasteiger partial charge in [0, 0.05) is 5.38 Å². The van der Waals surface area contributed by atoms with Crippen LogP contribution in [0.25, 0.3) is 0 Å². The molecule has 64 valence electrons. The zero-order chi connectivity index (χ0) is 7.68. The highest BCUT2D eigenvalue weighted by molar-refractivity contribution is 6.20. The third-order valence-corrected chi connectivity index (χ3v) is 4.03. The Morgan fingerprint density at radius 3 is 2.36 bits per heavy atom. The first-order valence-corrected chi connectivity index (χ1v) is 5.45. The van der Waals surface area contributed by atoms with Crippen LogP contribution in [-0.2, 0) is 0 Å². The maximum atomic E-state index is 6.29. The Morgan fingerprint density at radius 2 is 1.55 bits per heavy atom. The van der Waals surface area contributed by atoms with E-state index >= 15 is 0 Å². The second-order valence-electron chi connectivity index (χ2n) is 4.16. The Balaban J connectivity index is 1.99. The maximum absolute atomic E-state index is 6.29. The minimum Gasteiger partial charge on any atom is -0.123 e. The van der Waals surface area contributed by atoms with Crippen molar-refractivity contribution in [3.8, 4) is 0 Å². The van der Waals surface area contributed by atoms with Gasteiger partial charge in [-0.15, -0.1) is 11.6 Å². The third-order valence-electron chi connectivity index (χ3n) is 3.49. The maximum Gasteiger partial charge on any atom is 0.0366 e. The number of rotatable bonds is 0. The number of hydrogen-bond donors (Lipinski definition) is 0. The van der Waals surface area contributed by atoms with Crippen LogP contribution in [-0.4, -0.2) is 5.38 Å². The van der Waals surface area contributed by atoms with E-state index in [9.17, 15) is 0 Å². The van der Waals surface area contributed by atoms with Crippen LogP contribution in [0.1, 0.15) is 44.9 Å². The van der Waals surface area contributed by atoms with Gasteiger partial charge in [0.25, 0.3) is 0 Å². The van der Waals surface area contributed by atoms with Crippen LogP contribution in [0.4, 0.5) is 0 Å². The van der Waals surface area contributed by atoms with E-state index in [2.05, 4.69) is 0 Å². The fraction of sp³-hybridized carbons (Fsp3) is 1.00. The zero-order valence-corrected chi connectivity index (χ0v) is 7.82. The quantitative estimate of drug-likeness (QED) is 0.490.